The van der Waals surface area contributed by atoms with Gasteiger partial charge < -0.3 is 9.84 Å². The second kappa shape index (κ2) is 4.90. The molecule has 2 rings (SSSR count). The second-order valence-corrected chi connectivity index (χ2v) is 5.09. The molecule has 0 aliphatic carbocycles. The van der Waals surface area contributed by atoms with Gasteiger partial charge in [0.05, 0.1) is 7.11 Å². The standard InChI is InChI=1S/C14H16O2S/c1-9-7-10(2)13(11(8-9)16-3)14(15)12-5-4-6-17-12/h4-8,14-15H,1-3H3. The molecule has 1 atom stereocenters. The van der Waals surface area contributed by atoms with Gasteiger partial charge in [-0.1, -0.05) is 12.1 Å². The van der Waals surface area contributed by atoms with Gasteiger partial charge >= 0.3 is 0 Å². The minimum atomic E-state index is -0.606. The molecule has 1 heterocycles. The summed E-state index contributed by atoms with van der Waals surface area (Å²) >= 11 is 1.55. The smallest absolute Gasteiger partial charge is 0.125 e. The highest BCUT2D eigenvalue weighted by molar-refractivity contribution is 7.10. The number of hydrogen-bond donors (Lipinski definition) is 1. The minimum Gasteiger partial charge on any atom is -0.496 e. The van der Waals surface area contributed by atoms with Gasteiger partial charge in [0.15, 0.2) is 0 Å². The van der Waals surface area contributed by atoms with E-state index in [9.17, 15) is 5.11 Å². The zero-order valence-corrected chi connectivity index (χ0v) is 11.0. The van der Waals surface area contributed by atoms with Crippen LogP contribution < -0.4 is 4.74 Å². The van der Waals surface area contributed by atoms with Gasteiger partial charge in [0.2, 0.25) is 0 Å². The molecule has 90 valence electrons. The van der Waals surface area contributed by atoms with E-state index in [4.69, 9.17) is 4.74 Å². The second-order valence-electron chi connectivity index (χ2n) is 4.12. The summed E-state index contributed by atoms with van der Waals surface area (Å²) in [5.74, 6) is 0.753. The predicted octanol–water partition coefficient (Wildman–Crippen LogP) is 3.46. The summed E-state index contributed by atoms with van der Waals surface area (Å²) < 4.78 is 5.37. The summed E-state index contributed by atoms with van der Waals surface area (Å²) in [5, 5.41) is 12.4. The largest absolute Gasteiger partial charge is 0.496 e. The monoisotopic (exact) mass is 248 g/mol. The molecule has 0 amide bonds. The number of aliphatic hydroxyl groups is 1. The van der Waals surface area contributed by atoms with Crippen LogP contribution in [0.5, 0.6) is 5.75 Å². The first-order valence-electron chi connectivity index (χ1n) is 5.50. The SMILES string of the molecule is COc1cc(C)cc(C)c1C(O)c1cccs1. The minimum absolute atomic E-state index is 0.606. The maximum atomic E-state index is 10.4. The van der Waals surface area contributed by atoms with Gasteiger partial charge in [0, 0.05) is 10.4 Å². The Morgan fingerprint density at radius 2 is 2.06 bits per heavy atom. The number of benzene rings is 1. The van der Waals surface area contributed by atoms with Crippen LogP contribution in [0.1, 0.15) is 27.7 Å². The van der Waals surface area contributed by atoms with Gasteiger partial charge in [-0.25, -0.2) is 0 Å². The molecule has 0 aliphatic rings. The van der Waals surface area contributed by atoms with Gasteiger partial charge in [-0.3, -0.25) is 0 Å². The lowest BCUT2D eigenvalue weighted by molar-refractivity contribution is 0.217. The molecule has 0 aliphatic heterocycles. The number of aliphatic hydroxyl groups excluding tert-OH is 1. The van der Waals surface area contributed by atoms with Crippen molar-refractivity contribution in [1.29, 1.82) is 0 Å². The molecular weight excluding hydrogens is 232 g/mol. The maximum Gasteiger partial charge on any atom is 0.125 e. The number of ether oxygens (including phenoxy) is 1. The highest BCUT2D eigenvalue weighted by Crippen LogP contribution is 2.35. The topological polar surface area (TPSA) is 29.5 Å². The van der Waals surface area contributed by atoms with E-state index in [1.54, 1.807) is 18.4 Å². The summed E-state index contributed by atoms with van der Waals surface area (Å²) in [4.78, 5) is 0.940. The van der Waals surface area contributed by atoms with Gasteiger partial charge in [0.1, 0.15) is 11.9 Å². The van der Waals surface area contributed by atoms with Crippen LogP contribution in [0, 0.1) is 13.8 Å². The molecule has 2 aromatic rings. The average molecular weight is 248 g/mol. The summed E-state index contributed by atoms with van der Waals surface area (Å²) in [6, 6.07) is 7.90. The van der Waals surface area contributed by atoms with Crippen LogP contribution in [0.3, 0.4) is 0 Å². The lowest BCUT2D eigenvalue weighted by atomic mass is 9.99. The molecule has 0 saturated carbocycles. The Kier molecular flexibility index (Phi) is 3.50. The van der Waals surface area contributed by atoms with Crippen molar-refractivity contribution in [3.05, 3.63) is 51.2 Å². The Labute approximate surface area is 105 Å². The molecule has 0 spiro atoms. The molecular formula is C14H16O2S. The van der Waals surface area contributed by atoms with Gasteiger partial charge in [-0.05, 0) is 42.5 Å². The van der Waals surface area contributed by atoms with Crippen LogP contribution in [-0.4, -0.2) is 12.2 Å². The molecule has 0 saturated heterocycles. The van der Waals surface area contributed by atoms with Crippen molar-refractivity contribution in [2.45, 2.75) is 20.0 Å². The van der Waals surface area contributed by atoms with Crippen molar-refractivity contribution in [2.75, 3.05) is 7.11 Å². The van der Waals surface area contributed by atoms with Crippen molar-refractivity contribution in [1.82, 2.24) is 0 Å². The van der Waals surface area contributed by atoms with Crippen LogP contribution in [0.15, 0.2) is 29.6 Å². The number of hydrogen-bond acceptors (Lipinski definition) is 3. The quantitative estimate of drug-likeness (QED) is 0.901. The van der Waals surface area contributed by atoms with E-state index in [0.717, 1.165) is 27.3 Å². The van der Waals surface area contributed by atoms with E-state index < -0.39 is 6.10 Å². The van der Waals surface area contributed by atoms with Crippen molar-refractivity contribution in [2.24, 2.45) is 0 Å². The normalized spacial score (nSPS) is 12.5. The molecule has 2 nitrogen and oxygen atoms in total. The number of rotatable bonds is 3. The van der Waals surface area contributed by atoms with Crippen molar-refractivity contribution < 1.29 is 9.84 Å². The first-order chi connectivity index (χ1) is 8.13. The fraction of sp³-hybridized carbons (Fsp3) is 0.286. The van der Waals surface area contributed by atoms with E-state index >= 15 is 0 Å². The Hall–Kier alpha value is -1.32. The van der Waals surface area contributed by atoms with E-state index in [1.165, 1.54) is 0 Å². The van der Waals surface area contributed by atoms with E-state index in [-0.39, 0.29) is 0 Å². The molecule has 1 unspecified atom stereocenters. The Morgan fingerprint density at radius 3 is 2.65 bits per heavy atom. The third kappa shape index (κ3) is 2.35. The van der Waals surface area contributed by atoms with E-state index in [1.807, 2.05) is 37.4 Å². The van der Waals surface area contributed by atoms with Crippen LogP contribution in [0.2, 0.25) is 0 Å². The first-order valence-corrected chi connectivity index (χ1v) is 6.38. The van der Waals surface area contributed by atoms with Gasteiger partial charge in [0.25, 0.3) is 0 Å². The molecule has 1 aromatic heterocycles. The Bertz CT molecular complexity index is 503. The zero-order valence-electron chi connectivity index (χ0n) is 10.2. The average Bonchev–Trinajstić information content (AvgIpc) is 2.80. The number of aryl methyl sites for hydroxylation is 2. The number of thiophene rings is 1. The summed E-state index contributed by atoms with van der Waals surface area (Å²) in [5.41, 5.74) is 3.06. The summed E-state index contributed by atoms with van der Waals surface area (Å²) in [6.07, 6.45) is -0.606. The van der Waals surface area contributed by atoms with Crippen LogP contribution in [0.4, 0.5) is 0 Å². The third-order valence-electron chi connectivity index (χ3n) is 2.80. The van der Waals surface area contributed by atoms with Crippen molar-refractivity contribution in [3.63, 3.8) is 0 Å². The molecule has 1 N–H and O–H groups in total. The maximum absolute atomic E-state index is 10.4. The van der Waals surface area contributed by atoms with E-state index in [0.29, 0.717) is 0 Å². The molecule has 17 heavy (non-hydrogen) atoms. The molecule has 0 fully saturated rings. The van der Waals surface area contributed by atoms with E-state index in [2.05, 4.69) is 6.07 Å². The highest BCUT2D eigenvalue weighted by atomic mass is 32.1. The fourth-order valence-corrected chi connectivity index (χ4v) is 2.77. The lowest BCUT2D eigenvalue weighted by Crippen LogP contribution is -2.03. The Morgan fingerprint density at radius 1 is 1.29 bits per heavy atom. The molecule has 0 radical (unpaired) electrons. The van der Waals surface area contributed by atoms with Crippen molar-refractivity contribution in [3.8, 4) is 5.75 Å². The summed E-state index contributed by atoms with van der Waals surface area (Å²) in [7, 11) is 1.64. The summed E-state index contributed by atoms with van der Waals surface area (Å²) in [6.45, 7) is 4.03. The highest BCUT2D eigenvalue weighted by Gasteiger charge is 2.19. The molecule has 3 heteroatoms. The zero-order chi connectivity index (χ0) is 12.4. The van der Waals surface area contributed by atoms with Crippen LogP contribution in [0.25, 0.3) is 0 Å². The fourth-order valence-electron chi connectivity index (χ4n) is 2.05. The number of methoxy groups -OCH3 is 1. The Balaban J connectivity index is 2.51. The van der Waals surface area contributed by atoms with Crippen LogP contribution in [-0.2, 0) is 0 Å². The van der Waals surface area contributed by atoms with Gasteiger partial charge in [-0.15, -0.1) is 11.3 Å². The molecule has 1 aromatic carbocycles. The predicted molar refractivity (Wildman–Crippen MR) is 70.8 cm³/mol. The van der Waals surface area contributed by atoms with Crippen LogP contribution >= 0.6 is 11.3 Å². The lowest BCUT2D eigenvalue weighted by Gasteiger charge is -2.17. The first kappa shape index (κ1) is 12.1. The van der Waals surface area contributed by atoms with Crippen molar-refractivity contribution >= 4 is 11.3 Å². The molecule has 0 bridgehead atoms. The third-order valence-corrected chi connectivity index (χ3v) is 3.72. The van der Waals surface area contributed by atoms with Gasteiger partial charge in [-0.2, -0.15) is 0 Å².